The smallest absolute Gasteiger partial charge is 0.164 e. The van der Waals surface area contributed by atoms with Crippen molar-refractivity contribution in [3.8, 4) is 62.1 Å². The average molecular weight is 727 g/mol. The van der Waals surface area contributed by atoms with Crippen molar-refractivity contribution in [2.75, 3.05) is 0 Å². The van der Waals surface area contributed by atoms with Crippen molar-refractivity contribution in [1.29, 1.82) is 0 Å². The Balaban J connectivity index is 1.25. The van der Waals surface area contributed by atoms with Crippen LogP contribution in [0.4, 0.5) is 0 Å². The van der Waals surface area contributed by atoms with Crippen molar-refractivity contribution in [3.05, 3.63) is 206 Å². The van der Waals surface area contributed by atoms with Crippen LogP contribution in [0.2, 0.25) is 0 Å². The summed E-state index contributed by atoms with van der Waals surface area (Å²) in [6, 6.07) is 73.0. The van der Waals surface area contributed by atoms with Crippen LogP contribution in [0.15, 0.2) is 206 Å². The number of fused-ring (bicyclic) bond motifs is 5. The highest BCUT2D eigenvalue weighted by molar-refractivity contribution is 6.16. The number of benzene rings is 9. The molecule has 0 aliphatic carbocycles. The Morgan fingerprint density at radius 2 is 0.754 bits per heavy atom. The van der Waals surface area contributed by atoms with Crippen LogP contribution in [0.1, 0.15) is 0 Å². The molecule has 0 bridgehead atoms. The third kappa shape index (κ3) is 5.66. The highest BCUT2D eigenvalue weighted by Gasteiger charge is 2.23. The lowest BCUT2D eigenvalue weighted by Gasteiger charge is -2.20. The maximum atomic E-state index is 5.24. The minimum atomic E-state index is 0.626. The second-order valence-electron chi connectivity index (χ2n) is 14.4. The third-order valence-electron chi connectivity index (χ3n) is 11.0. The summed E-state index contributed by atoms with van der Waals surface area (Å²) < 4.78 is 2.47. The van der Waals surface area contributed by atoms with Crippen molar-refractivity contribution in [1.82, 2.24) is 19.5 Å². The number of rotatable bonds is 6. The molecule has 9 aromatic carbocycles. The number of hydrogen-bond acceptors (Lipinski definition) is 3. The Morgan fingerprint density at radius 3 is 1.40 bits per heavy atom. The van der Waals surface area contributed by atoms with Crippen LogP contribution < -0.4 is 0 Å². The molecule has 0 radical (unpaired) electrons. The fourth-order valence-electron chi connectivity index (χ4n) is 8.30. The Hall–Kier alpha value is -7.69. The van der Waals surface area contributed by atoms with Gasteiger partial charge in [-0.1, -0.05) is 182 Å². The topological polar surface area (TPSA) is 43.6 Å². The molecule has 57 heavy (non-hydrogen) atoms. The maximum Gasteiger partial charge on any atom is 0.164 e. The second-order valence-corrected chi connectivity index (χ2v) is 14.4. The summed E-state index contributed by atoms with van der Waals surface area (Å²) in [5.74, 6) is 1.90. The summed E-state index contributed by atoms with van der Waals surface area (Å²) >= 11 is 0. The zero-order valence-corrected chi connectivity index (χ0v) is 30.9. The van der Waals surface area contributed by atoms with E-state index in [0.717, 1.165) is 55.3 Å². The highest BCUT2D eigenvalue weighted by atomic mass is 15.0. The van der Waals surface area contributed by atoms with Crippen molar-refractivity contribution >= 4 is 43.4 Å². The van der Waals surface area contributed by atoms with Crippen molar-refractivity contribution in [2.24, 2.45) is 0 Å². The largest absolute Gasteiger partial charge is 0.308 e. The fourth-order valence-corrected chi connectivity index (χ4v) is 8.30. The molecule has 4 nitrogen and oxygen atoms in total. The standard InChI is InChI=1S/C53H34N4/c1-4-16-35(17-5-1)36-28-30-37(31-29-36)45-34-47(53-55-51(38-18-6-2-7-19-38)54-52(56-53)39-20-8-3-9-21-39)42-24-12-13-26-44(42)50(45)57-48-27-15-14-25-43(48)46-32-40-22-10-11-23-41(40)33-49(46)57/h1-34H. The van der Waals surface area contributed by atoms with Crippen LogP contribution in [-0.2, 0) is 0 Å². The van der Waals surface area contributed by atoms with E-state index in [-0.39, 0.29) is 0 Å². The first-order valence-corrected chi connectivity index (χ1v) is 19.3. The quantitative estimate of drug-likeness (QED) is 0.171. The fraction of sp³-hybridized carbons (Fsp3) is 0. The third-order valence-corrected chi connectivity index (χ3v) is 11.0. The lowest BCUT2D eigenvalue weighted by molar-refractivity contribution is 1.08. The van der Waals surface area contributed by atoms with E-state index in [9.17, 15) is 0 Å². The molecule has 0 amide bonds. The van der Waals surface area contributed by atoms with E-state index in [4.69, 9.17) is 15.0 Å². The first kappa shape index (κ1) is 32.7. The summed E-state index contributed by atoms with van der Waals surface area (Å²) in [4.78, 5) is 15.5. The minimum absolute atomic E-state index is 0.626. The van der Waals surface area contributed by atoms with Gasteiger partial charge in [-0.15, -0.1) is 0 Å². The molecule has 0 aliphatic rings. The molecule has 0 saturated carbocycles. The molecule has 0 N–H and O–H groups in total. The van der Waals surface area contributed by atoms with E-state index in [1.54, 1.807) is 0 Å². The highest BCUT2D eigenvalue weighted by Crippen LogP contribution is 2.44. The monoisotopic (exact) mass is 726 g/mol. The maximum absolute atomic E-state index is 5.24. The van der Waals surface area contributed by atoms with Gasteiger partial charge in [-0.2, -0.15) is 0 Å². The van der Waals surface area contributed by atoms with Gasteiger partial charge >= 0.3 is 0 Å². The molecule has 11 rings (SSSR count). The van der Waals surface area contributed by atoms with Gasteiger partial charge in [0.1, 0.15) is 0 Å². The first-order chi connectivity index (χ1) is 28.3. The van der Waals surface area contributed by atoms with Gasteiger partial charge in [0.2, 0.25) is 0 Å². The van der Waals surface area contributed by atoms with Gasteiger partial charge in [0.15, 0.2) is 17.5 Å². The molecule has 0 fully saturated rings. The molecule has 2 heterocycles. The molecule has 0 unspecified atom stereocenters. The van der Waals surface area contributed by atoms with E-state index in [2.05, 4.69) is 174 Å². The zero-order valence-electron chi connectivity index (χ0n) is 30.9. The number of hydrogen-bond donors (Lipinski definition) is 0. The van der Waals surface area contributed by atoms with Crippen LogP contribution >= 0.6 is 0 Å². The summed E-state index contributed by atoms with van der Waals surface area (Å²) in [7, 11) is 0. The second kappa shape index (κ2) is 13.6. The normalized spacial score (nSPS) is 11.5. The van der Waals surface area contributed by atoms with E-state index in [1.165, 1.54) is 32.7 Å². The van der Waals surface area contributed by atoms with Crippen LogP contribution in [0.5, 0.6) is 0 Å². The van der Waals surface area contributed by atoms with Gasteiger partial charge < -0.3 is 4.57 Å². The average Bonchev–Trinajstić information content (AvgIpc) is 3.61. The van der Waals surface area contributed by atoms with Crippen molar-refractivity contribution in [3.63, 3.8) is 0 Å². The van der Waals surface area contributed by atoms with Gasteiger partial charge in [0, 0.05) is 38.4 Å². The molecule has 0 spiro atoms. The Bertz CT molecular complexity index is 3200. The Labute approximate surface area is 330 Å². The number of aromatic nitrogens is 4. The first-order valence-electron chi connectivity index (χ1n) is 19.3. The molecule has 11 aromatic rings. The Kier molecular flexibility index (Phi) is 7.78. The predicted molar refractivity (Wildman–Crippen MR) is 236 cm³/mol. The lowest BCUT2D eigenvalue weighted by Crippen LogP contribution is -2.03. The number of nitrogens with zero attached hydrogens (tertiary/aromatic N) is 4. The van der Waals surface area contributed by atoms with Gasteiger partial charge in [0.05, 0.1) is 16.7 Å². The minimum Gasteiger partial charge on any atom is -0.308 e. The SMILES string of the molecule is c1ccc(-c2ccc(-c3cc(-c4nc(-c5ccccc5)nc(-c5ccccc5)n4)c4ccccc4c3-n3c4ccccc4c4cc5ccccc5cc43)cc2)cc1. The van der Waals surface area contributed by atoms with Crippen LogP contribution in [0.3, 0.4) is 0 Å². The Morgan fingerprint density at radius 1 is 0.281 bits per heavy atom. The number of para-hydroxylation sites is 1. The zero-order chi connectivity index (χ0) is 37.7. The molecule has 0 aliphatic heterocycles. The molecule has 0 saturated heterocycles. The van der Waals surface area contributed by atoms with E-state index in [0.29, 0.717) is 17.5 Å². The van der Waals surface area contributed by atoms with Gasteiger partial charge in [0.25, 0.3) is 0 Å². The molecule has 0 atom stereocenters. The van der Waals surface area contributed by atoms with Crippen molar-refractivity contribution < 1.29 is 0 Å². The molecular weight excluding hydrogens is 693 g/mol. The van der Waals surface area contributed by atoms with Crippen LogP contribution in [0.25, 0.3) is 105 Å². The van der Waals surface area contributed by atoms with Crippen LogP contribution in [-0.4, -0.2) is 19.5 Å². The summed E-state index contributed by atoms with van der Waals surface area (Å²) in [5.41, 5.74) is 10.8. The molecular formula is C53H34N4. The molecule has 2 aromatic heterocycles. The van der Waals surface area contributed by atoms with Gasteiger partial charge in [-0.25, -0.2) is 15.0 Å². The van der Waals surface area contributed by atoms with E-state index in [1.807, 2.05) is 36.4 Å². The van der Waals surface area contributed by atoms with Crippen LogP contribution in [0, 0.1) is 0 Å². The predicted octanol–water partition coefficient (Wildman–Crippen LogP) is 13.6. The summed E-state index contributed by atoms with van der Waals surface area (Å²) in [6.45, 7) is 0. The summed E-state index contributed by atoms with van der Waals surface area (Å²) in [6.07, 6.45) is 0. The van der Waals surface area contributed by atoms with E-state index >= 15 is 0 Å². The van der Waals surface area contributed by atoms with Gasteiger partial charge in [-0.3, -0.25) is 0 Å². The van der Waals surface area contributed by atoms with Crippen molar-refractivity contribution in [2.45, 2.75) is 0 Å². The summed E-state index contributed by atoms with van der Waals surface area (Å²) in [5, 5.41) is 7.04. The molecule has 266 valence electrons. The lowest BCUT2D eigenvalue weighted by atomic mass is 9.92. The van der Waals surface area contributed by atoms with Gasteiger partial charge in [-0.05, 0) is 57.1 Å². The molecule has 4 heteroatoms. The van der Waals surface area contributed by atoms with E-state index < -0.39 is 0 Å².